The molecule has 1 N–H and O–H groups in total. The van der Waals surface area contributed by atoms with Crippen LogP contribution in [0.15, 0.2) is 30.5 Å². The number of unbranched alkanes of at least 4 members (excludes halogenated alkanes) is 1. The van der Waals surface area contributed by atoms with Crippen molar-refractivity contribution in [3.8, 4) is 11.3 Å². The van der Waals surface area contributed by atoms with Crippen LogP contribution < -0.4 is 5.32 Å². The largest absolute Gasteiger partial charge is 0.376 e. The van der Waals surface area contributed by atoms with E-state index in [1.54, 1.807) is 19.2 Å². The van der Waals surface area contributed by atoms with Gasteiger partial charge in [-0.3, -0.25) is 0 Å². The number of ether oxygens (including phenoxy) is 1. The van der Waals surface area contributed by atoms with Gasteiger partial charge in [0.05, 0.1) is 17.5 Å². The molecule has 0 aliphatic rings. The van der Waals surface area contributed by atoms with E-state index in [1.165, 1.54) is 18.2 Å². The third-order valence-corrected chi connectivity index (χ3v) is 5.47. The van der Waals surface area contributed by atoms with Crippen molar-refractivity contribution in [2.75, 3.05) is 20.2 Å². The molecule has 0 aliphatic heterocycles. The van der Waals surface area contributed by atoms with Crippen molar-refractivity contribution in [3.63, 3.8) is 0 Å². The Morgan fingerprint density at radius 3 is 2.61 bits per heavy atom. The summed E-state index contributed by atoms with van der Waals surface area (Å²) in [6.07, 6.45) is 1.42. The first-order valence-corrected chi connectivity index (χ1v) is 10.7. The van der Waals surface area contributed by atoms with Crippen molar-refractivity contribution in [2.24, 2.45) is 0 Å². The van der Waals surface area contributed by atoms with Gasteiger partial charge in [0.25, 0.3) is 6.43 Å². The lowest BCUT2D eigenvalue weighted by Gasteiger charge is -2.19. The molecule has 4 nitrogen and oxygen atoms in total. The van der Waals surface area contributed by atoms with Crippen molar-refractivity contribution >= 4 is 5.65 Å². The molecule has 0 saturated heterocycles. The first kappa shape index (κ1) is 23.3. The standard InChI is InChI=1S/C24H30F3N3O/c1-5-6-9-31-18(14-28-4)12-21-23(19-13-20(25)16(3)10-15(19)2)29-22-11-17(24(26)27)7-8-30(21)22/h7-8,10-11,13,18,24,28H,5-6,9,12,14H2,1-4H3. The van der Waals surface area contributed by atoms with Gasteiger partial charge in [-0.1, -0.05) is 19.4 Å². The average molecular weight is 434 g/mol. The zero-order chi connectivity index (χ0) is 22.5. The molecule has 0 amide bonds. The number of imidazole rings is 1. The number of hydrogen-bond acceptors (Lipinski definition) is 3. The smallest absolute Gasteiger partial charge is 0.264 e. The topological polar surface area (TPSA) is 38.6 Å². The van der Waals surface area contributed by atoms with Crippen LogP contribution in [0.5, 0.6) is 0 Å². The molecule has 0 fully saturated rings. The normalized spacial score (nSPS) is 12.8. The van der Waals surface area contributed by atoms with E-state index in [2.05, 4.69) is 17.2 Å². The summed E-state index contributed by atoms with van der Waals surface area (Å²) >= 11 is 0. The molecule has 1 atom stereocenters. The lowest BCUT2D eigenvalue weighted by atomic mass is 9.99. The summed E-state index contributed by atoms with van der Waals surface area (Å²) in [7, 11) is 1.86. The summed E-state index contributed by atoms with van der Waals surface area (Å²) in [5, 5.41) is 3.15. The molecule has 1 aromatic carbocycles. The molecule has 1 unspecified atom stereocenters. The fourth-order valence-electron chi connectivity index (χ4n) is 3.77. The second-order valence-corrected chi connectivity index (χ2v) is 7.92. The highest BCUT2D eigenvalue weighted by Gasteiger charge is 2.22. The van der Waals surface area contributed by atoms with Crippen LogP contribution in [0.4, 0.5) is 13.2 Å². The first-order valence-electron chi connectivity index (χ1n) is 10.7. The van der Waals surface area contributed by atoms with Crippen LogP contribution in [0.3, 0.4) is 0 Å². The molecule has 2 heterocycles. The Balaban J connectivity index is 2.12. The zero-order valence-corrected chi connectivity index (χ0v) is 18.5. The Morgan fingerprint density at radius 2 is 1.94 bits per heavy atom. The second-order valence-electron chi connectivity index (χ2n) is 7.92. The summed E-state index contributed by atoms with van der Waals surface area (Å²) in [6.45, 7) is 7.00. The molecule has 0 aliphatic carbocycles. The average Bonchev–Trinajstić information content (AvgIpc) is 3.08. The molecule has 7 heteroatoms. The van der Waals surface area contributed by atoms with Gasteiger partial charge in [0.1, 0.15) is 11.5 Å². The van der Waals surface area contributed by atoms with Gasteiger partial charge in [-0.25, -0.2) is 18.2 Å². The quantitative estimate of drug-likeness (QED) is 0.421. The molecule has 0 radical (unpaired) electrons. The summed E-state index contributed by atoms with van der Waals surface area (Å²) in [6, 6.07) is 6.06. The number of nitrogens with one attached hydrogen (secondary N) is 1. The molecule has 0 bridgehead atoms. The molecule has 31 heavy (non-hydrogen) atoms. The van der Waals surface area contributed by atoms with Crippen LogP contribution >= 0.6 is 0 Å². The van der Waals surface area contributed by atoms with Crippen LogP contribution in [0, 0.1) is 19.7 Å². The molecule has 3 aromatic rings. The number of halogens is 3. The van der Waals surface area contributed by atoms with E-state index in [0.717, 1.165) is 24.1 Å². The first-order chi connectivity index (χ1) is 14.8. The monoisotopic (exact) mass is 433 g/mol. The number of rotatable bonds is 10. The summed E-state index contributed by atoms with van der Waals surface area (Å²) in [4.78, 5) is 4.65. The van der Waals surface area contributed by atoms with Crippen LogP contribution in [-0.2, 0) is 11.2 Å². The van der Waals surface area contributed by atoms with Crippen LogP contribution in [0.1, 0.15) is 48.6 Å². The molecule has 0 saturated carbocycles. The number of likely N-dealkylation sites (N-methyl/N-ethyl adjacent to an activating group) is 1. The number of hydrogen-bond donors (Lipinski definition) is 1. The van der Waals surface area contributed by atoms with E-state index >= 15 is 0 Å². The third kappa shape index (κ3) is 5.28. The molecule has 0 spiro atoms. The number of nitrogens with zero attached hydrogens (tertiary/aromatic N) is 2. The van der Waals surface area contributed by atoms with Crippen molar-refractivity contribution < 1.29 is 17.9 Å². The van der Waals surface area contributed by atoms with Gasteiger partial charge in [0.15, 0.2) is 0 Å². The summed E-state index contributed by atoms with van der Waals surface area (Å²) in [5.41, 5.74) is 3.85. The van der Waals surface area contributed by atoms with Crippen LogP contribution in [0.2, 0.25) is 0 Å². The van der Waals surface area contributed by atoms with Crippen molar-refractivity contribution in [1.82, 2.24) is 14.7 Å². The summed E-state index contributed by atoms with van der Waals surface area (Å²) in [5.74, 6) is -0.317. The zero-order valence-electron chi connectivity index (χ0n) is 18.5. The fraction of sp³-hybridized carbons (Fsp3) is 0.458. The van der Waals surface area contributed by atoms with Gasteiger partial charge >= 0.3 is 0 Å². The van der Waals surface area contributed by atoms with Gasteiger partial charge in [-0.15, -0.1) is 0 Å². The highest BCUT2D eigenvalue weighted by atomic mass is 19.3. The fourth-order valence-corrected chi connectivity index (χ4v) is 3.77. The number of pyridine rings is 1. The molecule has 168 valence electrons. The maximum Gasteiger partial charge on any atom is 0.264 e. The van der Waals surface area contributed by atoms with Gasteiger partial charge in [0, 0.05) is 36.9 Å². The Hall–Kier alpha value is -2.38. The minimum Gasteiger partial charge on any atom is -0.376 e. The number of aromatic nitrogens is 2. The molecule has 3 rings (SSSR count). The predicted molar refractivity (Wildman–Crippen MR) is 117 cm³/mol. The maximum atomic E-state index is 14.4. The van der Waals surface area contributed by atoms with Crippen molar-refractivity contribution in [3.05, 3.63) is 58.7 Å². The third-order valence-electron chi connectivity index (χ3n) is 5.47. The van der Waals surface area contributed by atoms with E-state index < -0.39 is 6.43 Å². The highest BCUT2D eigenvalue weighted by Crippen LogP contribution is 2.31. The van der Waals surface area contributed by atoms with E-state index in [9.17, 15) is 13.2 Å². The lowest BCUT2D eigenvalue weighted by Crippen LogP contribution is -2.29. The summed E-state index contributed by atoms with van der Waals surface area (Å²) < 4.78 is 48.8. The van der Waals surface area contributed by atoms with Gasteiger partial charge in [0.2, 0.25) is 0 Å². The Morgan fingerprint density at radius 1 is 1.16 bits per heavy atom. The van der Waals surface area contributed by atoms with E-state index in [4.69, 9.17) is 4.74 Å². The second kappa shape index (κ2) is 10.3. The maximum absolute atomic E-state index is 14.4. The van der Waals surface area contributed by atoms with Crippen molar-refractivity contribution in [2.45, 2.75) is 52.6 Å². The Labute approximate surface area is 181 Å². The minimum atomic E-state index is -2.58. The van der Waals surface area contributed by atoms with Crippen molar-refractivity contribution in [1.29, 1.82) is 0 Å². The molecular weight excluding hydrogens is 403 g/mol. The number of fused-ring (bicyclic) bond motifs is 1. The number of aryl methyl sites for hydroxylation is 2. The van der Waals surface area contributed by atoms with Crippen LogP contribution in [0.25, 0.3) is 16.9 Å². The van der Waals surface area contributed by atoms with Gasteiger partial charge in [-0.05, 0) is 56.6 Å². The van der Waals surface area contributed by atoms with E-state index in [0.29, 0.717) is 42.0 Å². The highest BCUT2D eigenvalue weighted by molar-refractivity contribution is 5.70. The Bertz CT molecular complexity index is 1030. The van der Waals surface area contributed by atoms with Gasteiger partial charge < -0.3 is 14.5 Å². The SMILES string of the molecule is CCCCOC(CNC)Cc1c(-c2cc(F)c(C)cc2C)nc2cc(C(F)F)ccn12. The van der Waals surface area contributed by atoms with E-state index in [1.807, 2.05) is 18.4 Å². The predicted octanol–water partition coefficient (Wildman–Crippen LogP) is 5.64. The van der Waals surface area contributed by atoms with E-state index in [-0.39, 0.29) is 17.5 Å². The molecule has 2 aromatic heterocycles. The lowest BCUT2D eigenvalue weighted by molar-refractivity contribution is 0.0523. The number of alkyl halides is 2. The Kier molecular flexibility index (Phi) is 7.73. The molecular formula is C24H30F3N3O. The van der Waals surface area contributed by atoms with Gasteiger partial charge in [-0.2, -0.15) is 0 Å². The minimum absolute atomic E-state index is 0.0895. The van der Waals surface area contributed by atoms with Crippen LogP contribution in [-0.4, -0.2) is 35.7 Å². The number of benzene rings is 1.